The molecule has 0 aromatic heterocycles. The van der Waals surface area contributed by atoms with Gasteiger partial charge in [0.15, 0.2) is 6.29 Å². The minimum Gasteiger partial charge on any atom is -0.394 e. The first kappa shape index (κ1) is 17.7. The van der Waals surface area contributed by atoms with E-state index in [0.29, 0.717) is 6.42 Å². The lowest BCUT2D eigenvalue weighted by Crippen LogP contribution is -2.67. The summed E-state index contributed by atoms with van der Waals surface area (Å²) in [6.45, 7) is 3.03. The van der Waals surface area contributed by atoms with Crippen molar-refractivity contribution in [3.05, 3.63) is 0 Å². The van der Waals surface area contributed by atoms with Gasteiger partial charge in [0.1, 0.15) is 12.2 Å². The van der Waals surface area contributed by atoms with Crippen LogP contribution in [0.25, 0.3) is 0 Å². The van der Waals surface area contributed by atoms with Crippen molar-refractivity contribution in [3.63, 3.8) is 0 Å². The number of hydrogen-bond donors (Lipinski definition) is 6. The Morgan fingerprint density at radius 1 is 1.30 bits per heavy atom. The molecule has 8 atom stereocenters. The number of hydrogen-bond acceptors (Lipinski definition) is 8. The molecule has 8 heteroatoms. The van der Waals surface area contributed by atoms with E-state index in [2.05, 4.69) is 0 Å². The smallest absolute Gasteiger partial charge is 0.175 e. The highest BCUT2D eigenvalue weighted by atomic mass is 16.7. The van der Waals surface area contributed by atoms with Crippen molar-refractivity contribution in [1.29, 1.82) is 0 Å². The van der Waals surface area contributed by atoms with Gasteiger partial charge in [-0.1, -0.05) is 6.92 Å². The van der Waals surface area contributed by atoms with Crippen LogP contribution in [0.1, 0.15) is 20.3 Å². The summed E-state index contributed by atoms with van der Waals surface area (Å²) in [7, 11) is 0. The summed E-state index contributed by atoms with van der Waals surface area (Å²) >= 11 is 0. The Bertz CT molecular complexity index is 292. The highest BCUT2D eigenvalue weighted by Gasteiger charge is 2.43. The van der Waals surface area contributed by atoms with Crippen molar-refractivity contribution in [2.75, 3.05) is 6.61 Å². The predicted molar refractivity (Wildman–Crippen MR) is 72.5 cm³/mol. The highest BCUT2D eigenvalue weighted by molar-refractivity contribution is 4.95. The molecule has 0 radical (unpaired) electrons. The van der Waals surface area contributed by atoms with Crippen molar-refractivity contribution < 1.29 is 24.8 Å². The molecule has 0 aromatic carbocycles. The molecule has 1 heterocycles. The first-order valence-corrected chi connectivity index (χ1v) is 6.88. The number of aliphatic hydroxyl groups excluding tert-OH is 3. The zero-order chi connectivity index (χ0) is 15.4. The van der Waals surface area contributed by atoms with Gasteiger partial charge in [0.05, 0.1) is 30.9 Å². The van der Waals surface area contributed by atoms with Gasteiger partial charge in [-0.05, 0) is 13.3 Å². The standard InChI is InChI=1S/C12H27N3O5/c1-3-6(13)11(5(2)17)20-12-9(15)8(14)10(18)7(4-16)19-12/h5-12,16-18H,3-4,13-15H2,1-2H3/t5-,6?,7?,8-,9?,10-,11+,12-/m1/s1. The van der Waals surface area contributed by atoms with E-state index in [-0.39, 0.29) is 6.04 Å². The largest absolute Gasteiger partial charge is 0.394 e. The number of rotatable bonds is 6. The molecule has 9 N–H and O–H groups in total. The Morgan fingerprint density at radius 2 is 1.90 bits per heavy atom. The second-order valence-corrected chi connectivity index (χ2v) is 5.28. The van der Waals surface area contributed by atoms with Crippen LogP contribution < -0.4 is 17.2 Å². The van der Waals surface area contributed by atoms with E-state index in [1.807, 2.05) is 6.92 Å². The lowest BCUT2D eigenvalue weighted by molar-refractivity contribution is -0.268. The van der Waals surface area contributed by atoms with Crippen LogP contribution in [0.15, 0.2) is 0 Å². The predicted octanol–water partition coefficient (Wildman–Crippen LogP) is -2.78. The third kappa shape index (κ3) is 3.86. The second kappa shape index (κ2) is 7.62. The summed E-state index contributed by atoms with van der Waals surface area (Å²) in [6.07, 6.45) is -3.76. The minimum absolute atomic E-state index is 0.388. The maximum atomic E-state index is 9.80. The Labute approximate surface area is 118 Å². The van der Waals surface area contributed by atoms with E-state index in [9.17, 15) is 15.3 Å². The first-order valence-electron chi connectivity index (χ1n) is 6.88. The maximum Gasteiger partial charge on any atom is 0.175 e. The molecule has 0 amide bonds. The van der Waals surface area contributed by atoms with Gasteiger partial charge in [0.25, 0.3) is 0 Å². The van der Waals surface area contributed by atoms with Gasteiger partial charge in [-0.3, -0.25) is 0 Å². The van der Waals surface area contributed by atoms with Gasteiger partial charge < -0.3 is 42.0 Å². The zero-order valence-corrected chi connectivity index (χ0v) is 11.9. The Morgan fingerprint density at radius 3 is 2.35 bits per heavy atom. The summed E-state index contributed by atoms with van der Waals surface area (Å²) in [5.41, 5.74) is 17.6. The number of aliphatic hydroxyl groups is 3. The minimum atomic E-state index is -1.07. The molecule has 1 fully saturated rings. The van der Waals surface area contributed by atoms with Crippen molar-refractivity contribution in [2.24, 2.45) is 17.2 Å². The van der Waals surface area contributed by atoms with Crippen LogP contribution in [0.4, 0.5) is 0 Å². The quantitative estimate of drug-likeness (QED) is 0.307. The van der Waals surface area contributed by atoms with Gasteiger partial charge in [-0.2, -0.15) is 0 Å². The Hall–Kier alpha value is -0.320. The van der Waals surface area contributed by atoms with E-state index in [4.69, 9.17) is 26.7 Å². The van der Waals surface area contributed by atoms with Gasteiger partial charge in [0.2, 0.25) is 0 Å². The average Bonchev–Trinajstić information content (AvgIpc) is 2.43. The summed E-state index contributed by atoms with van der Waals surface area (Å²) in [4.78, 5) is 0. The lowest BCUT2D eigenvalue weighted by Gasteiger charge is -2.43. The first-order chi connectivity index (χ1) is 9.33. The molecule has 0 aromatic rings. The molecular weight excluding hydrogens is 266 g/mol. The highest BCUT2D eigenvalue weighted by Crippen LogP contribution is 2.22. The molecule has 0 saturated carbocycles. The molecule has 120 valence electrons. The lowest BCUT2D eigenvalue weighted by atomic mass is 9.95. The van der Waals surface area contributed by atoms with Gasteiger partial charge >= 0.3 is 0 Å². The third-order valence-electron chi connectivity index (χ3n) is 3.68. The van der Waals surface area contributed by atoms with Gasteiger partial charge in [0, 0.05) is 6.04 Å². The fourth-order valence-corrected chi connectivity index (χ4v) is 2.23. The maximum absolute atomic E-state index is 9.80. The topological polar surface area (TPSA) is 157 Å². The fraction of sp³-hybridized carbons (Fsp3) is 1.00. The van der Waals surface area contributed by atoms with E-state index < -0.39 is 49.4 Å². The molecule has 20 heavy (non-hydrogen) atoms. The van der Waals surface area contributed by atoms with Crippen LogP contribution in [0.3, 0.4) is 0 Å². The molecule has 1 rings (SSSR count). The third-order valence-corrected chi connectivity index (χ3v) is 3.68. The van der Waals surface area contributed by atoms with Crippen LogP contribution in [0.5, 0.6) is 0 Å². The molecule has 1 aliphatic heterocycles. The van der Waals surface area contributed by atoms with Crippen LogP contribution in [-0.2, 0) is 9.47 Å². The monoisotopic (exact) mass is 293 g/mol. The van der Waals surface area contributed by atoms with E-state index >= 15 is 0 Å². The van der Waals surface area contributed by atoms with Gasteiger partial charge in [-0.25, -0.2) is 0 Å². The summed E-state index contributed by atoms with van der Waals surface area (Å²) in [6, 6.07) is -1.96. The van der Waals surface area contributed by atoms with Crippen LogP contribution in [0, 0.1) is 0 Å². The summed E-state index contributed by atoms with van der Waals surface area (Å²) in [5.74, 6) is 0. The summed E-state index contributed by atoms with van der Waals surface area (Å²) < 4.78 is 11.1. The van der Waals surface area contributed by atoms with Crippen molar-refractivity contribution >= 4 is 0 Å². The molecule has 0 aliphatic carbocycles. The van der Waals surface area contributed by atoms with Crippen LogP contribution in [-0.4, -0.2) is 70.8 Å². The molecule has 3 unspecified atom stereocenters. The number of nitrogens with two attached hydrogens (primary N) is 3. The van der Waals surface area contributed by atoms with Crippen molar-refractivity contribution in [2.45, 2.75) is 69.1 Å². The number of ether oxygens (including phenoxy) is 2. The Balaban J connectivity index is 2.78. The fourth-order valence-electron chi connectivity index (χ4n) is 2.23. The average molecular weight is 293 g/mol. The van der Waals surface area contributed by atoms with Gasteiger partial charge in [-0.15, -0.1) is 0 Å². The molecule has 8 nitrogen and oxygen atoms in total. The SMILES string of the molecule is CCC(N)[C@@H](O[C@H]1OC(CO)[C@@H](O)[C@H](N)C1N)[C@@H](C)O. The van der Waals surface area contributed by atoms with E-state index in [1.165, 1.54) is 0 Å². The molecule has 0 bridgehead atoms. The molecule has 1 aliphatic rings. The van der Waals surface area contributed by atoms with Crippen molar-refractivity contribution in [3.8, 4) is 0 Å². The van der Waals surface area contributed by atoms with E-state index in [0.717, 1.165) is 0 Å². The van der Waals surface area contributed by atoms with Crippen LogP contribution >= 0.6 is 0 Å². The zero-order valence-electron chi connectivity index (χ0n) is 11.9. The molecule has 1 saturated heterocycles. The normalized spacial score (nSPS) is 39.3. The molecular formula is C12H27N3O5. The molecule has 0 spiro atoms. The summed E-state index contributed by atoms with van der Waals surface area (Å²) in [5, 5.41) is 28.7. The van der Waals surface area contributed by atoms with Crippen molar-refractivity contribution in [1.82, 2.24) is 0 Å². The Kier molecular flexibility index (Phi) is 6.76. The second-order valence-electron chi connectivity index (χ2n) is 5.28. The van der Waals surface area contributed by atoms with Crippen LogP contribution in [0.2, 0.25) is 0 Å². The van der Waals surface area contributed by atoms with E-state index in [1.54, 1.807) is 6.92 Å².